The highest BCUT2D eigenvalue weighted by molar-refractivity contribution is 5.96. The number of carbonyl (C=O) groups excluding carboxylic acids is 2. The lowest BCUT2D eigenvalue weighted by molar-refractivity contribution is 0.0988. The van der Waals surface area contributed by atoms with E-state index in [1.807, 2.05) is 36.4 Å². The fourth-order valence-electron chi connectivity index (χ4n) is 1.39. The number of rotatable bonds is 3. The molecule has 0 aromatic heterocycles. The number of primary amides is 2. The van der Waals surface area contributed by atoms with Crippen LogP contribution in [-0.4, -0.2) is 11.8 Å². The van der Waals surface area contributed by atoms with Crippen molar-refractivity contribution in [3.8, 4) is 0 Å². The molecule has 0 aliphatic carbocycles. The maximum atomic E-state index is 10.6. The van der Waals surface area contributed by atoms with Crippen LogP contribution in [-0.2, 0) is 0 Å². The van der Waals surface area contributed by atoms with Gasteiger partial charge in [0.25, 0.3) is 0 Å². The molecule has 4 N–H and O–H groups in total. The van der Waals surface area contributed by atoms with E-state index in [-0.39, 0.29) is 0 Å². The minimum absolute atomic E-state index is 0.361. The van der Waals surface area contributed by atoms with E-state index in [9.17, 15) is 9.59 Å². The molecule has 20 heavy (non-hydrogen) atoms. The molecule has 102 valence electrons. The number of hydrogen-bond acceptors (Lipinski definition) is 2. The molecule has 0 heterocycles. The maximum Gasteiger partial charge on any atom is 0.248 e. The van der Waals surface area contributed by atoms with Gasteiger partial charge in [0.15, 0.2) is 0 Å². The van der Waals surface area contributed by atoms with Gasteiger partial charge < -0.3 is 11.5 Å². The number of carbonyl (C=O) groups is 2. The Labute approximate surface area is 117 Å². The summed E-state index contributed by atoms with van der Waals surface area (Å²) in [7, 11) is 0. The Morgan fingerprint density at radius 3 is 1.45 bits per heavy atom. The second kappa shape index (κ2) is 7.53. The van der Waals surface area contributed by atoms with Gasteiger partial charge in [-0.3, -0.25) is 9.59 Å². The predicted octanol–water partition coefficient (Wildman–Crippen LogP) is 2.21. The van der Waals surface area contributed by atoms with E-state index in [0.29, 0.717) is 11.1 Å². The van der Waals surface area contributed by atoms with E-state index in [1.54, 1.807) is 0 Å². The van der Waals surface area contributed by atoms with Crippen molar-refractivity contribution in [3.63, 3.8) is 0 Å². The van der Waals surface area contributed by atoms with Crippen molar-refractivity contribution in [2.24, 2.45) is 11.5 Å². The number of amides is 2. The normalized spacial score (nSPS) is 9.00. The summed E-state index contributed by atoms with van der Waals surface area (Å²) >= 11 is 0. The van der Waals surface area contributed by atoms with E-state index >= 15 is 0 Å². The Kier molecular flexibility index (Phi) is 5.72. The monoisotopic (exact) mass is 268 g/mol. The Balaban J connectivity index is 0.000000217. The van der Waals surface area contributed by atoms with Crippen molar-refractivity contribution >= 4 is 17.9 Å². The number of nitrogens with two attached hydrogens (primary N) is 2. The Morgan fingerprint density at radius 2 is 1.20 bits per heavy atom. The molecule has 2 amide bonds. The third-order valence-electron chi connectivity index (χ3n) is 2.49. The summed E-state index contributed by atoms with van der Waals surface area (Å²) in [5, 5.41) is 0. The van der Waals surface area contributed by atoms with Crippen LogP contribution >= 0.6 is 0 Å². The zero-order valence-electron chi connectivity index (χ0n) is 11.0. The lowest BCUT2D eigenvalue weighted by Gasteiger charge is -1.96. The van der Waals surface area contributed by atoms with Gasteiger partial charge in [-0.25, -0.2) is 0 Å². The molecular formula is C16H16N2O2. The first kappa shape index (κ1) is 15.2. The van der Waals surface area contributed by atoms with Gasteiger partial charge in [-0.15, -0.1) is 0 Å². The van der Waals surface area contributed by atoms with Crippen molar-refractivity contribution in [1.29, 1.82) is 0 Å². The summed E-state index contributed by atoms with van der Waals surface area (Å²) in [6.45, 7) is 3.63. The molecule has 4 heteroatoms. The van der Waals surface area contributed by atoms with E-state index < -0.39 is 11.8 Å². The van der Waals surface area contributed by atoms with Gasteiger partial charge in [0.2, 0.25) is 11.8 Å². The van der Waals surface area contributed by atoms with Crippen LogP contribution in [0.25, 0.3) is 6.08 Å². The average Bonchev–Trinajstić information content (AvgIpc) is 2.48. The van der Waals surface area contributed by atoms with Crippen LogP contribution in [0.1, 0.15) is 26.3 Å². The minimum Gasteiger partial charge on any atom is -0.366 e. The van der Waals surface area contributed by atoms with Gasteiger partial charge in [-0.1, -0.05) is 43.0 Å². The van der Waals surface area contributed by atoms with Gasteiger partial charge >= 0.3 is 0 Å². The molecule has 0 fully saturated rings. The molecule has 2 aromatic rings. The zero-order valence-corrected chi connectivity index (χ0v) is 11.0. The van der Waals surface area contributed by atoms with Crippen LogP contribution in [0.15, 0.2) is 61.2 Å². The molecule has 0 saturated carbocycles. The highest BCUT2D eigenvalue weighted by atomic mass is 16.1. The molecule has 0 unspecified atom stereocenters. The van der Waals surface area contributed by atoms with Crippen molar-refractivity contribution in [2.75, 3.05) is 0 Å². The smallest absolute Gasteiger partial charge is 0.248 e. The first-order valence-corrected chi connectivity index (χ1v) is 5.91. The van der Waals surface area contributed by atoms with Crippen molar-refractivity contribution in [3.05, 3.63) is 77.9 Å². The molecule has 0 atom stereocenters. The highest BCUT2D eigenvalue weighted by Crippen LogP contribution is 2.02. The molecule has 2 rings (SSSR count). The maximum absolute atomic E-state index is 10.6. The summed E-state index contributed by atoms with van der Waals surface area (Å²) in [4.78, 5) is 21.2. The SMILES string of the molecule is C=Cc1ccccc1.NC(=O)c1ccc(C(N)=O)cc1. The first-order chi connectivity index (χ1) is 9.54. The summed E-state index contributed by atoms with van der Waals surface area (Å²) in [6.07, 6.45) is 1.83. The third kappa shape index (κ3) is 4.78. The lowest BCUT2D eigenvalue weighted by Crippen LogP contribution is -2.13. The van der Waals surface area contributed by atoms with Gasteiger partial charge in [-0.05, 0) is 29.8 Å². The fraction of sp³-hybridized carbons (Fsp3) is 0. The first-order valence-electron chi connectivity index (χ1n) is 5.91. The Hall–Kier alpha value is -2.88. The van der Waals surface area contributed by atoms with E-state index in [1.165, 1.54) is 29.8 Å². The Morgan fingerprint density at radius 1 is 0.800 bits per heavy atom. The standard InChI is InChI=1S/C8H8N2O2.C8H8/c9-7(11)5-1-2-6(4-3-5)8(10)12;1-2-8-6-4-3-5-7-8/h1-4H,(H2,9,11)(H2,10,12);2-7H,1H2. The van der Waals surface area contributed by atoms with Crippen LogP contribution in [0.5, 0.6) is 0 Å². The molecule has 0 radical (unpaired) electrons. The van der Waals surface area contributed by atoms with Crippen LogP contribution < -0.4 is 11.5 Å². The molecular weight excluding hydrogens is 252 g/mol. The second-order valence-electron chi connectivity index (χ2n) is 3.92. The molecule has 0 aliphatic heterocycles. The van der Waals surface area contributed by atoms with Crippen molar-refractivity contribution in [1.82, 2.24) is 0 Å². The quantitative estimate of drug-likeness (QED) is 0.894. The van der Waals surface area contributed by atoms with Crippen LogP contribution in [0.3, 0.4) is 0 Å². The zero-order chi connectivity index (χ0) is 15.0. The summed E-state index contributed by atoms with van der Waals surface area (Å²) < 4.78 is 0. The lowest BCUT2D eigenvalue weighted by atomic mass is 10.1. The van der Waals surface area contributed by atoms with Gasteiger partial charge in [0.05, 0.1) is 0 Å². The largest absolute Gasteiger partial charge is 0.366 e. The fourth-order valence-corrected chi connectivity index (χ4v) is 1.39. The van der Waals surface area contributed by atoms with E-state index in [0.717, 1.165) is 0 Å². The van der Waals surface area contributed by atoms with Crippen molar-refractivity contribution < 1.29 is 9.59 Å². The van der Waals surface area contributed by atoms with Gasteiger partial charge in [0, 0.05) is 11.1 Å². The number of hydrogen-bond donors (Lipinski definition) is 2. The van der Waals surface area contributed by atoms with Crippen LogP contribution in [0.4, 0.5) is 0 Å². The Bertz CT molecular complexity index is 557. The van der Waals surface area contributed by atoms with Crippen LogP contribution in [0, 0.1) is 0 Å². The van der Waals surface area contributed by atoms with E-state index in [4.69, 9.17) is 11.5 Å². The van der Waals surface area contributed by atoms with Crippen LogP contribution in [0.2, 0.25) is 0 Å². The summed E-state index contributed by atoms with van der Waals surface area (Å²) in [6, 6.07) is 15.9. The molecule has 0 aliphatic rings. The number of benzene rings is 2. The van der Waals surface area contributed by atoms with Crippen molar-refractivity contribution in [2.45, 2.75) is 0 Å². The molecule has 4 nitrogen and oxygen atoms in total. The summed E-state index contributed by atoms with van der Waals surface area (Å²) in [5.74, 6) is -1.04. The topological polar surface area (TPSA) is 86.2 Å². The second-order valence-corrected chi connectivity index (χ2v) is 3.92. The molecule has 0 saturated heterocycles. The van der Waals surface area contributed by atoms with Gasteiger partial charge in [-0.2, -0.15) is 0 Å². The molecule has 0 bridgehead atoms. The molecule has 0 spiro atoms. The minimum atomic E-state index is -0.522. The van der Waals surface area contributed by atoms with E-state index in [2.05, 4.69) is 6.58 Å². The average molecular weight is 268 g/mol. The van der Waals surface area contributed by atoms with Gasteiger partial charge in [0.1, 0.15) is 0 Å². The molecule has 2 aromatic carbocycles. The highest BCUT2D eigenvalue weighted by Gasteiger charge is 2.02. The third-order valence-corrected chi connectivity index (χ3v) is 2.49. The predicted molar refractivity (Wildman–Crippen MR) is 80.0 cm³/mol. The summed E-state index contributed by atoms with van der Waals surface area (Å²) in [5.41, 5.74) is 11.9.